The van der Waals surface area contributed by atoms with E-state index in [4.69, 9.17) is 4.74 Å². The number of hydrogen-bond donors (Lipinski definition) is 1. The summed E-state index contributed by atoms with van der Waals surface area (Å²) < 4.78 is 9.95. The Morgan fingerprint density at radius 2 is 2.29 bits per heavy atom. The lowest BCUT2D eigenvalue weighted by Crippen LogP contribution is -2.45. The first kappa shape index (κ1) is 14.0. The summed E-state index contributed by atoms with van der Waals surface area (Å²) in [5.41, 5.74) is 0. The van der Waals surface area contributed by atoms with E-state index < -0.39 is 12.1 Å². The summed E-state index contributed by atoms with van der Waals surface area (Å²) >= 11 is 0. The van der Waals surface area contributed by atoms with Crippen LogP contribution in [0.15, 0.2) is 0 Å². The molecule has 1 aliphatic heterocycles. The van der Waals surface area contributed by atoms with E-state index in [9.17, 15) is 9.59 Å². The van der Waals surface area contributed by atoms with Gasteiger partial charge in [0.25, 0.3) is 0 Å². The minimum atomic E-state index is -0.545. The van der Waals surface area contributed by atoms with Crippen molar-refractivity contribution in [3.63, 3.8) is 0 Å². The molecule has 0 spiro atoms. The van der Waals surface area contributed by atoms with Crippen LogP contribution in [-0.2, 0) is 19.1 Å². The van der Waals surface area contributed by atoms with Crippen LogP contribution in [-0.4, -0.2) is 37.7 Å². The number of ether oxygens (including phenoxy) is 2. The summed E-state index contributed by atoms with van der Waals surface area (Å²) in [6, 6.07) is -0.545. The standard InChI is InChI=1S/C12H21NO4/c1-3-4-6-9(12(15)16-2)13-11(14)10-7-5-8-17-10/h9-10H,3-8H2,1-2H3,(H,13,14)/t9-,10+/m0/s1. The van der Waals surface area contributed by atoms with Crippen LogP contribution >= 0.6 is 0 Å². The molecule has 0 bridgehead atoms. The summed E-state index contributed by atoms with van der Waals surface area (Å²) in [5, 5.41) is 2.71. The van der Waals surface area contributed by atoms with E-state index in [1.54, 1.807) is 0 Å². The first-order valence-electron chi connectivity index (χ1n) is 6.18. The number of rotatable bonds is 6. The summed E-state index contributed by atoms with van der Waals surface area (Å²) in [6.45, 7) is 2.66. The zero-order valence-electron chi connectivity index (χ0n) is 10.5. The topological polar surface area (TPSA) is 64.6 Å². The SMILES string of the molecule is CCCC[C@H](NC(=O)[C@H]1CCCO1)C(=O)OC. The zero-order chi connectivity index (χ0) is 12.7. The Morgan fingerprint density at radius 1 is 1.53 bits per heavy atom. The van der Waals surface area contributed by atoms with E-state index >= 15 is 0 Å². The number of carbonyl (C=O) groups excluding carboxylic acids is 2. The van der Waals surface area contributed by atoms with E-state index in [2.05, 4.69) is 10.1 Å². The Kier molecular flexibility index (Phi) is 5.97. The van der Waals surface area contributed by atoms with Crippen molar-refractivity contribution in [2.75, 3.05) is 13.7 Å². The van der Waals surface area contributed by atoms with Gasteiger partial charge < -0.3 is 14.8 Å². The van der Waals surface area contributed by atoms with Crippen molar-refractivity contribution >= 4 is 11.9 Å². The zero-order valence-corrected chi connectivity index (χ0v) is 10.5. The molecule has 1 rings (SSSR count). The van der Waals surface area contributed by atoms with Gasteiger partial charge >= 0.3 is 5.97 Å². The third-order valence-electron chi connectivity index (χ3n) is 2.87. The van der Waals surface area contributed by atoms with Gasteiger partial charge in [-0.1, -0.05) is 19.8 Å². The molecule has 1 amide bonds. The maximum atomic E-state index is 11.8. The number of methoxy groups -OCH3 is 1. The fraction of sp³-hybridized carbons (Fsp3) is 0.833. The summed E-state index contributed by atoms with van der Waals surface area (Å²) in [7, 11) is 1.33. The van der Waals surface area contributed by atoms with E-state index in [0.29, 0.717) is 13.0 Å². The average molecular weight is 243 g/mol. The lowest BCUT2D eigenvalue weighted by Gasteiger charge is -2.18. The third-order valence-corrected chi connectivity index (χ3v) is 2.87. The van der Waals surface area contributed by atoms with Crippen molar-refractivity contribution in [3.8, 4) is 0 Å². The molecule has 98 valence electrons. The maximum Gasteiger partial charge on any atom is 0.328 e. The molecule has 0 unspecified atom stereocenters. The molecular weight excluding hydrogens is 222 g/mol. The van der Waals surface area contributed by atoms with Gasteiger partial charge in [0.15, 0.2) is 0 Å². The second-order valence-electron chi connectivity index (χ2n) is 4.23. The van der Waals surface area contributed by atoms with Crippen LogP contribution in [0.4, 0.5) is 0 Å². The van der Waals surface area contributed by atoms with Gasteiger partial charge in [-0.25, -0.2) is 4.79 Å². The average Bonchev–Trinajstić information content (AvgIpc) is 2.87. The predicted molar refractivity (Wildman–Crippen MR) is 62.4 cm³/mol. The van der Waals surface area contributed by atoms with E-state index in [1.165, 1.54) is 7.11 Å². The van der Waals surface area contributed by atoms with Crippen LogP contribution in [0.25, 0.3) is 0 Å². The Balaban J connectivity index is 2.46. The number of nitrogens with one attached hydrogen (secondary N) is 1. The number of unbranched alkanes of at least 4 members (excludes halogenated alkanes) is 1. The predicted octanol–water partition coefficient (Wildman–Crippen LogP) is 1.01. The van der Waals surface area contributed by atoms with Gasteiger partial charge in [-0.15, -0.1) is 0 Å². The van der Waals surface area contributed by atoms with Crippen LogP contribution < -0.4 is 5.32 Å². The number of carbonyl (C=O) groups is 2. The lowest BCUT2D eigenvalue weighted by atomic mass is 10.1. The lowest BCUT2D eigenvalue weighted by molar-refractivity contribution is -0.146. The molecule has 0 saturated carbocycles. The first-order valence-corrected chi connectivity index (χ1v) is 6.18. The van der Waals surface area contributed by atoms with Crippen molar-refractivity contribution in [1.82, 2.24) is 5.32 Å². The quantitative estimate of drug-likeness (QED) is 0.707. The Morgan fingerprint density at radius 3 is 2.82 bits per heavy atom. The molecule has 17 heavy (non-hydrogen) atoms. The fourth-order valence-corrected chi connectivity index (χ4v) is 1.85. The van der Waals surface area contributed by atoms with Gasteiger partial charge in [0.1, 0.15) is 12.1 Å². The van der Waals surface area contributed by atoms with E-state index in [0.717, 1.165) is 25.7 Å². The summed E-state index contributed by atoms with van der Waals surface area (Å²) in [5.74, 6) is -0.584. The highest BCUT2D eigenvalue weighted by Crippen LogP contribution is 2.13. The van der Waals surface area contributed by atoms with Crippen molar-refractivity contribution in [1.29, 1.82) is 0 Å². The number of amides is 1. The van der Waals surface area contributed by atoms with E-state index in [-0.39, 0.29) is 11.9 Å². The second kappa shape index (κ2) is 7.27. The Labute approximate surface area is 102 Å². The number of hydrogen-bond acceptors (Lipinski definition) is 4. The molecule has 5 nitrogen and oxygen atoms in total. The molecule has 5 heteroatoms. The van der Waals surface area contributed by atoms with Gasteiger partial charge in [-0.3, -0.25) is 4.79 Å². The van der Waals surface area contributed by atoms with Crippen molar-refractivity contribution < 1.29 is 19.1 Å². The maximum absolute atomic E-state index is 11.8. The fourth-order valence-electron chi connectivity index (χ4n) is 1.85. The molecule has 1 fully saturated rings. The molecule has 0 aromatic heterocycles. The van der Waals surface area contributed by atoms with Gasteiger partial charge in [0.05, 0.1) is 7.11 Å². The van der Waals surface area contributed by atoms with Crippen molar-refractivity contribution in [3.05, 3.63) is 0 Å². The van der Waals surface area contributed by atoms with Gasteiger partial charge in [-0.05, 0) is 19.3 Å². The van der Waals surface area contributed by atoms with Crippen LogP contribution in [0.2, 0.25) is 0 Å². The largest absolute Gasteiger partial charge is 0.467 e. The highest BCUT2D eigenvalue weighted by molar-refractivity contribution is 5.87. The number of esters is 1. The minimum absolute atomic E-state index is 0.200. The third kappa shape index (κ3) is 4.34. The molecule has 1 heterocycles. The molecule has 0 aromatic rings. The van der Waals surface area contributed by atoms with Crippen molar-refractivity contribution in [2.45, 2.75) is 51.2 Å². The minimum Gasteiger partial charge on any atom is -0.467 e. The van der Waals surface area contributed by atoms with E-state index in [1.807, 2.05) is 6.92 Å². The van der Waals surface area contributed by atoms with Crippen LogP contribution in [0.3, 0.4) is 0 Å². The first-order chi connectivity index (χ1) is 8.19. The molecule has 1 aliphatic rings. The molecule has 0 aliphatic carbocycles. The Bertz CT molecular complexity index is 261. The highest BCUT2D eigenvalue weighted by atomic mass is 16.5. The summed E-state index contributed by atoms with van der Waals surface area (Å²) in [4.78, 5) is 23.3. The highest BCUT2D eigenvalue weighted by Gasteiger charge is 2.28. The van der Waals surface area contributed by atoms with Gasteiger partial charge in [0, 0.05) is 6.61 Å². The molecule has 1 saturated heterocycles. The smallest absolute Gasteiger partial charge is 0.328 e. The molecule has 0 radical (unpaired) electrons. The van der Waals surface area contributed by atoms with Crippen LogP contribution in [0.5, 0.6) is 0 Å². The monoisotopic (exact) mass is 243 g/mol. The Hall–Kier alpha value is -1.10. The molecule has 0 aromatic carbocycles. The molecular formula is C12H21NO4. The van der Waals surface area contributed by atoms with Gasteiger partial charge in [-0.2, -0.15) is 0 Å². The summed E-state index contributed by atoms with van der Waals surface area (Å²) in [6.07, 6.45) is 3.70. The normalized spacial score (nSPS) is 20.9. The molecule has 2 atom stereocenters. The van der Waals surface area contributed by atoms with Gasteiger partial charge in [0.2, 0.25) is 5.91 Å². The van der Waals surface area contributed by atoms with Crippen molar-refractivity contribution in [2.24, 2.45) is 0 Å². The van der Waals surface area contributed by atoms with Crippen LogP contribution in [0.1, 0.15) is 39.0 Å². The second-order valence-corrected chi connectivity index (χ2v) is 4.23. The molecule has 1 N–H and O–H groups in total. The van der Waals surface area contributed by atoms with Crippen LogP contribution in [0, 0.1) is 0 Å².